The predicted octanol–water partition coefficient (Wildman–Crippen LogP) is 2.69. The molecular formula is C24H22N6O4S. The van der Waals surface area contributed by atoms with Crippen molar-refractivity contribution in [3.05, 3.63) is 96.6 Å². The Balaban J connectivity index is 1.63. The molecule has 0 aliphatic heterocycles. The molecule has 11 heteroatoms. The number of sulfonamides is 1. The molecule has 0 radical (unpaired) electrons. The van der Waals surface area contributed by atoms with Crippen LogP contribution in [0, 0.1) is 0 Å². The average Bonchev–Trinajstić information content (AvgIpc) is 2.89. The number of anilines is 1. The summed E-state index contributed by atoms with van der Waals surface area (Å²) in [6.45, 7) is -0.324. The summed E-state index contributed by atoms with van der Waals surface area (Å²) in [5.41, 5.74) is 2.55. The van der Waals surface area contributed by atoms with Gasteiger partial charge in [0, 0.05) is 24.4 Å². The quantitative estimate of drug-likeness (QED) is 0.305. The SMILES string of the molecule is O=C(O)CNc1cccc(C(Cc2ccc(-c3ccccc3)nn2)NS(=O)(=O)c2cccnc2)n1. The van der Waals surface area contributed by atoms with Crippen molar-refractivity contribution < 1.29 is 18.3 Å². The number of aromatic nitrogens is 4. The van der Waals surface area contributed by atoms with Gasteiger partial charge in [0.25, 0.3) is 0 Å². The third kappa shape index (κ3) is 6.43. The Kier molecular flexibility index (Phi) is 7.38. The molecule has 3 N–H and O–H groups in total. The van der Waals surface area contributed by atoms with Crippen LogP contribution in [0.3, 0.4) is 0 Å². The summed E-state index contributed by atoms with van der Waals surface area (Å²) in [5, 5.41) is 20.2. The van der Waals surface area contributed by atoms with Gasteiger partial charge in [-0.3, -0.25) is 9.78 Å². The van der Waals surface area contributed by atoms with Gasteiger partial charge < -0.3 is 10.4 Å². The first kappa shape index (κ1) is 23.9. The molecule has 0 fully saturated rings. The zero-order valence-corrected chi connectivity index (χ0v) is 19.3. The second-order valence-corrected chi connectivity index (χ2v) is 9.25. The summed E-state index contributed by atoms with van der Waals surface area (Å²) >= 11 is 0. The van der Waals surface area contributed by atoms with E-state index < -0.39 is 22.0 Å². The Hall–Kier alpha value is -4.22. The smallest absolute Gasteiger partial charge is 0.322 e. The van der Waals surface area contributed by atoms with E-state index in [-0.39, 0.29) is 17.9 Å². The molecule has 0 saturated carbocycles. The maximum atomic E-state index is 13.0. The van der Waals surface area contributed by atoms with Crippen molar-refractivity contribution in [3.63, 3.8) is 0 Å². The molecule has 4 rings (SSSR count). The Bertz CT molecular complexity index is 1380. The first-order valence-electron chi connectivity index (χ1n) is 10.6. The number of carboxylic acid groups (broad SMARTS) is 1. The highest BCUT2D eigenvalue weighted by atomic mass is 32.2. The molecule has 3 aromatic heterocycles. The number of carboxylic acids is 1. The lowest BCUT2D eigenvalue weighted by molar-refractivity contribution is -0.134. The molecule has 3 heterocycles. The van der Waals surface area contributed by atoms with Crippen molar-refractivity contribution in [2.24, 2.45) is 0 Å². The van der Waals surface area contributed by atoms with E-state index in [1.807, 2.05) is 36.4 Å². The highest BCUT2D eigenvalue weighted by molar-refractivity contribution is 7.89. The molecule has 1 atom stereocenters. The molecule has 0 bridgehead atoms. The van der Waals surface area contributed by atoms with Crippen LogP contribution in [0.25, 0.3) is 11.3 Å². The van der Waals surface area contributed by atoms with Crippen LogP contribution < -0.4 is 10.0 Å². The van der Waals surface area contributed by atoms with Crippen molar-refractivity contribution in [3.8, 4) is 11.3 Å². The van der Waals surface area contributed by atoms with Crippen molar-refractivity contribution >= 4 is 21.8 Å². The van der Waals surface area contributed by atoms with Crippen LogP contribution in [0.5, 0.6) is 0 Å². The van der Waals surface area contributed by atoms with Gasteiger partial charge in [-0.15, -0.1) is 0 Å². The zero-order valence-electron chi connectivity index (χ0n) is 18.4. The fourth-order valence-corrected chi connectivity index (χ4v) is 4.49. The van der Waals surface area contributed by atoms with Crippen LogP contribution in [-0.2, 0) is 21.2 Å². The Morgan fingerprint density at radius 1 is 0.943 bits per heavy atom. The van der Waals surface area contributed by atoms with Gasteiger partial charge in [-0.1, -0.05) is 36.4 Å². The van der Waals surface area contributed by atoms with Crippen LogP contribution in [0.4, 0.5) is 5.82 Å². The third-order valence-electron chi connectivity index (χ3n) is 4.99. The van der Waals surface area contributed by atoms with Crippen LogP contribution in [0.2, 0.25) is 0 Å². The van der Waals surface area contributed by atoms with Crippen LogP contribution in [-0.4, -0.2) is 46.2 Å². The van der Waals surface area contributed by atoms with Gasteiger partial charge in [-0.2, -0.15) is 10.2 Å². The van der Waals surface area contributed by atoms with Gasteiger partial charge in [0.2, 0.25) is 10.0 Å². The molecule has 4 aromatic rings. The van der Waals surface area contributed by atoms with E-state index in [1.54, 1.807) is 24.3 Å². The Morgan fingerprint density at radius 2 is 1.77 bits per heavy atom. The minimum Gasteiger partial charge on any atom is -0.480 e. The van der Waals surface area contributed by atoms with E-state index in [0.717, 1.165) is 5.56 Å². The second-order valence-electron chi connectivity index (χ2n) is 7.54. The lowest BCUT2D eigenvalue weighted by Crippen LogP contribution is -2.31. The standard InChI is InChI=1S/C24H22N6O4S/c31-24(32)16-26-23-10-4-9-21(27-23)22(30-35(33,34)19-8-5-13-25-15-19)14-18-11-12-20(29-28-18)17-6-2-1-3-7-17/h1-13,15,22,30H,14,16H2,(H,26,27)(H,31,32). The second kappa shape index (κ2) is 10.8. The molecule has 10 nitrogen and oxygen atoms in total. The predicted molar refractivity (Wildman–Crippen MR) is 129 cm³/mol. The monoisotopic (exact) mass is 490 g/mol. The molecule has 1 aromatic carbocycles. The molecule has 0 amide bonds. The summed E-state index contributed by atoms with van der Waals surface area (Å²) in [5.74, 6) is -0.735. The maximum Gasteiger partial charge on any atom is 0.322 e. The number of pyridine rings is 2. The third-order valence-corrected chi connectivity index (χ3v) is 6.45. The summed E-state index contributed by atoms with van der Waals surface area (Å²) in [6.07, 6.45) is 2.91. The lowest BCUT2D eigenvalue weighted by Gasteiger charge is -2.19. The Labute approximate surface area is 202 Å². The normalized spacial score (nSPS) is 12.1. The number of aliphatic carboxylic acids is 1. The van der Waals surface area contributed by atoms with Crippen LogP contribution >= 0.6 is 0 Å². The van der Waals surface area contributed by atoms with E-state index in [0.29, 0.717) is 22.9 Å². The lowest BCUT2D eigenvalue weighted by atomic mass is 10.1. The number of benzene rings is 1. The van der Waals surface area contributed by atoms with Gasteiger partial charge in [0.15, 0.2) is 0 Å². The van der Waals surface area contributed by atoms with Crippen molar-refractivity contribution in [2.45, 2.75) is 17.4 Å². The van der Waals surface area contributed by atoms with E-state index in [2.05, 4.69) is 30.2 Å². The molecule has 0 aliphatic carbocycles. The van der Waals surface area contributed by atoms with Crippen molar-refractivity contribution in [2.75, 3.05) is 11.9 Å². The summed E-state index contributed by atoms with van der Waals surface area (Å²) in [6, 6.07) is 20.3. The minimum atomic E-state index is -3.93. The minimum absolute atomic E-state index is 0.00988. The number of carbonyl (C=O) groups is 1. The van der Waals surface area contributed by atoms with E-state index in [1.165, 1.54) is 24.5 Å². The molecule has 0 spiro atoms. The largest absolute Gasteiger partial charge is 0.480 e. The highest BCUT2D eigenvalue weighted by Gasteiger charge is 2.24. The summed E-state index contributed by atoms with van der Waals surface area (Å²) < 4.78 is 28.7. The number of hydrogen-bond donors (Lipinski definition) is 3. The number of nitrogens with zero attached hydrogens (tertiary/aromatic N) is 4. The van der Waals surface area contributed by atoms with Gasteiger partial charge >= 0.3 is 5.97 Å². The first-order chi connectivity index (χ1) is 16.9. The summed E-state index contributed by atoms with van der Waals surface area (Å²) in [7, 11) is -3.93. The Morgan fingerprint density at radius 3 is 2.46 bits per heavy atom. The van der Waals surface area contributed by atoms with E-state index >= 15 is 0 Å². The van der Waals surface area contributed by atoms with Gasteiger partial charge in [-0.05, 0) is 36.4 Å². The van der Waals surface area contributed by atoms with E-state index in [4.69, 9.17) is 5.11 Å². The topological polar surface area (TPSA) is 147 Å². The molecule has 35 heavy (non-hydrogen) atoms. The van der Waals surface area contributed by atoms with Gasteiger partial charge in [0.05, 0.1) is 23.1 Å². The summed E-state index contributed by atoms with van der Waals surface area (Å²) in [4.78, 5) is 19.2. The molecule has 0 aliphatic rings. The molecule has 178 valence electrons. The first-order valence-corrected chi connectivity index (χ1v) is 12.1. The highest BCUT2D eigenvalue weighted by Crippen LogP contribution is 2.22. The fraction of sp³-hybridized carbons (Fsp3) is 0.125. The zero-order chi connectivity index (χ0) is 24.7. The van der Waals surface area contributed by atoms with Crippen LogP contribution in [0.1, 0.15) is 17.4 Å². The maximum absolute atomic E-state index is 13.0. The number of rotatable bonds is 10. The number of nitrogens with one attached hydrogen (secondary N) is 2. The van der Waals surface area contributed by atoms with Crippen molar-refractivity contribution in [1.29, 1.82) is 0 Å². The molecule has 1 unspecified atom stereocenters. The molecule has 0 saturated heterocycles. The fourth-order valence-electron chi connectivity index (χ4n) is 3.32. The van der Waals surface area contributed by atoms with Crippen molar-refractivity contribution in [1.82, 2.24) is 24.9 Å². The molecular weight excluding hydrogens is 468 g/mol. The van der Waals surface area contributed by atoms with Crippen LogP contribution in [0.15, 0.2) is 90.1 Å². The average molecular weight is 491 g/mol. The van der Waals surface area contributed by atoms with E-state index in [9.17, 15) is 13.2 Å². The van der Waals surface area contributed by atoms with Gasteiger partial charge in [0.1, 0.15) is 17.3 Å². The number of hydrogen-bond acceptors (Lipinski definition) is 8. The van der Waals surface area contributed by atoms with Gasteiger partial charge in [-0.25, -0.2) is 18.1 Å².